The second-order valence-corrected chi connectivity index (χ2v) is 6.14. The number of amidine groups is 1. The normalized spacial score (nSPS) is 21.3. The van der Waals surface area contributed by atoms with Crippen LogP contribution in [0.1, 0.15) is 24.8 Å². The maximum atomic E-state index is 11.5. The van der Waals surface area contributed by atoms with Gasteiger partial charge in [0.1, 0.15) is 5.84 Å². The summed E-state index contributed by atoms with van der Waals surface area (Å²) < 4.78 is 29.0. The maximum Gasteiger partial charge on any atom is 0.344 e. The quantitative estimate of drug-likeness (QED) is 0.805. The second-order valence-electron chi connectivity index (χ2n) is 4.80. The summed E-state index contributed by atoms with van der Waals surface area (Å²) in [5, 5.41) is 0. The third-order valence-electron chi connectivity index (χ3n) is 3.45. The molecule has 0 saturated carbocycles. The average Bonchev–Trinajstić information content (AvgIpc) is 2.37. The molecule has 0 atom stereocenters. The van der Waals surface area contributed by atoms with Crippen molar-refractivity contribution in [1.82, 2.24) is 0 Å². The SMILES string of the molecule is NC1=NS(=O)(=O)Nc2cccc(N3CCCCC3)c21. The molecule has 2 heterocycles. The van der Waals surface area contributed by atoms with E-state index in [1.807, 2.05) is 12.1 Å². The zero-order valence-electron chi connectivity index (χ0n) is 10.5. The summed E-state index contributed by atoms with van der Waals surface area (Å²) in [5.74, 6) is 0.0647. The van der Waals surface area contributed by atoms with Gasteiger partial charge in [0, 0.05) is 18.8 Å². The first-order valence-corrected chi connectivity index (χ1v) is 7.77. The number of benzene rings is 1. The minimum atomic E-state index is -3.70. The number of hydrogen-bond donors (Lipinski definition) is 2. The predicted molar refractivity (Wildman–Crippen MR) is 75.8 cm³/mol. The molecule has 2 aliphatic rings. The van der Waals surface area contributed by atoms with Gasteiger partial charge in [0.25, 0.3) is 0 Å². The highest BCUT2D eigenvalue weighted by Crippen LogP contribution is 2.32. The molecule has 0 bridgehead atoms. The largest absolute Gasteiger partial charge is 0.382 e. The van der Waals surface area contributed by atoms with E-state index in [4.69, 9.17) is 5.73 Å². The summed E-state index contributed by atoms with van der Waals surface area (Å²) in [6.45, 7) is 1.94. The van der Waals surface area contributed by atoms with Gasteiger partial charge in [0.05, 0.1) is 11.3 Å². The number of nitrogens with one attached hydrogen (secondary N) is 1. The standard InChI is InChI=1S/C12H16N4O2S/c13-12-11-9(14-19(17,18)15-12)5-4-6-10(11)16-7-2-1-3-8-16/h4-6,14H,1-3,7-8H2,(H2,13,15). The van der Waals surface area contributed by atoms with Crippen LogP contribution in [0.5, 0.6) is 0 Å². The lowest BCUT2D eigenvalue weighted by atomic mass is 10.1. The topological polar surface area (TPSA) is 87.8 Å². The van der Waals surface area contributed by atoms with Gasteiger partial charge < -0.3 is 10.6 Å². The molecule has 7 heteroatoms. The minimum Gasteiger partial charge on any atom is -0.382 e. The van der Waals surface area contributed by atoms with Gasteiger partial charge in [-0.1, -0.05) is 6.07 Å². The number of hydrogen-bond acceptors (Lipinski definition) is 4. The molecule has 0 spiro atoms. The van der Waals surface area contributed by atoms with Gasteiger partial charge >= 0.3 is 10.2 Å². The monoisotopic (exact) mass is 280 g/mol. The smallest absolute Gasteiger partial charge is 0.344 e. The van der Waals surface area contributed by atoms with Crippen molar-refractivity contribution in [3.63, 3.8) is 0 Å². The number of piperidine rings is 1. The van der Waals surface area contributed by atoms with Gasteiger partial charge in [-0.3, -0.25) is 4.72 Å². The molecule has 3 N–H and O–H groups in total. The molecule has 0 aliphatic carbocycles. The van der Waals surface area contributed by atoms with Crippen LogP contribution in [-0.2, 0) is 10.2 Å². The number of rotatable bonds is 1. The summed E-state index contributed by atoms with van der Waals surface area (Å²) in [5.41, 5.74) is 8.00. The number of nitrogens with two attached hydrogens (primary N) is 1. The first kappa shape index (κ1) is 12.3. The molecule has 1 aromatic carbocycles. The Labute approximate surface area is 112 Å². The van der Waals surface area contributed by atoms with Crippen LogP contribution in [0.2, 0.25) is 0 Å². The molecule has 3 rings (SSSR count). The van der Waals surface area contributed by atoms with Crippen molar-refractivity contribution in [3.8, 4) is 0 Å². The fourth-order valence-corrected chi connectivity index (χ4v) is 3.47. The van der Waals surface area contributed by atoms with E-state index >= 15 is 0 Å². The van der Waals surface area contributed by atoms with Crippen LogP contribution in [0.4, 0.5) is 11.4 Å². The Morgan fingerprint density at radius 1 is 1.21 bits per heavy atom. The van der Waals surface area contributed by atoms with Gasteiger partial charge in [-0.15, -0.1) is 4.40 Å². The van der Waals surface area contributed by atoms with Crippen molar-refractivity contribution < 1.29 is 8.42 Å². The van der Waals surface area contributed by atoms with Crippen LogP contribution in [0.25, 0.3) is 0 Å². The van der Waals surface area contributed by atoms with E-state index in [0.29, 0.717) is 11.3 Å². The minimum absolute atomic E-state index is 0.0647. The molecule has 1 fully saturated rings. The first-order chi connectivity index (χ1) is 9.07. The summed E-state index contributed by atoms with van der Waals surface area (Å²) in [7, 11) is -3.70. The molecule has 2 aliphatic heterocycles. The lowest BCUT2D eigenvalue weighted by Gasteiger charge is -2.32. The fraction of sp³-hybridized carbons (Fsp3) is 0.417. The van der Waals surface area contributed by atoms with Gasteiger partial charge in [0.2, 0.25) is 0 Å². The molecule has 0 amide bonds. The van der Waals surface area contributed by atoms with Crippen LogP contribution in [-0.4, -0.2) is 27.3 Å². The molecule has 19 heavy (non-hydrogen) atoms. The molecule has 1 aromatic rings. The molecule has 0 aromatic heterocycles. The van der Waals surface area contributed by atoms with Crippen LogP contribution in [0.3, 0.4) is 0 Å². The number of nitrogens with zero attached hydrogens (tertiary/aromatic N) is 2. The summed E-state index contributed by atoms with van der Waals surface area (Å²) >= 11 is 0. The second kappa shape index (κ2) is 4.41. The maximum absolute atomic E-state index is 11.5. The molecule has 1 saturated heterocycles. The van der Waals surface area contributed by atoms with Gasteiger partial charge in [0.15, 0.2) is 0 Å². The predicted octanol–water partition coefficient (Wildman–Crippen LogP) is 1.05. The Morgan fingerprint density at radius 3 is 2.68 bits per heavy atom. The molecule has 6 nitrogen and oxygen atoms in total. The highest BCUT2D eigenvalue weighted by Gasteiger charge is 2.25. The van der Waals surface area contributed by atoms with E-state index < -0.39 is 10.2 Å². The summed E-state index contributed by atoms with van der Waals surface area (Å²) in [4.78, 5) is 2.24. The van der Waals surface area contributed by atoms with E-state index in [2.05, 4.69) is 14.0 Å². The Balaban J connectivity index is 2.09. The Kier molecular flexibility index (Phi) is 2.85. The highest BCUT2D eigenvalue weighted by atomic mass is 32.2. The fourth-order valence-electron chi connectivity index (χ4n) is 2.63. The van der Waals surface area contributed by atoms with E-state index in [1.165, 1.54) is 6.42 Å². The first-order valence-electron chi connectivity index (χ1n) is 6.33. The van der Waals surface area contributed by atoms with Crippen LogP contribution in [0, 0.1) is 0 Å². The Bertz CT molecular complexity index is 633. The van der Waals surface area contributed by atoms with Crippen LogP contribution in [0.15, 0.2) is 22.6 Å². The number of fused-ring (bicyclic) bond motifs is 1. The molecule has 0 unspecified atom stereocenters. The molecule has 0 radical (unpaired) electrons. The number of anilines is 2. The average molecular weight is 280 g/mol. The Morgan fingerprint density at radius 2 is 1.95 bits per heavy atom. The van der Waals surface area contributed by atoms with Crippen LogP contribution >= 0.6 is 0 Å². The van der Waals surface area contributed by atoms with Crippen molar-refractivity contribution >= 4 is 27.4 Å². The summed E-state index contributed by atoms with van der Waals surface area (Å²) in [6.07, 6.45) is 3.53. The third kappa shape index (κ3) is 2.25. The Hall–Kier alpha value is -1.76. The zero-order chi connectivity index (χ0) is 13.5. The molecular formula is C12H16N4O2S. The highest BCUT2D eigenvalue weighted by molar-refractivity contribution is 7.91. The van der Waals surface area contributed by atoms with E-state index in [0.717, 1.165) is 31.6 Å². The van der Waals surface area contributed by atoms with E-state index in [1.54, 1.807) is 6.07 Å². The lowest BCUT2D eigenvalue weighted by Crippen LogP contribution is -2.34. The van der Waals surface area contributed by atoms with Crippen molar-refractivity contribution in [1.29, 1.82) is 0 Å². The van der Waals surface area contributed by atoms with Crippen molar-refractivity contribution in [2.24, 2.45) is 10.1 Å². The summed E-state index contributed by atoms with van der Waals surface area (Å²) in [6, 6.07) is 5.51. The zero-order valence-corrected chi connectivity index (χ0v) is 11.3. The van der Waals surface area contributed by atoms with E-state index in [-0.39, 0.29) is 5.84 Å². The van der Waals surface area contributed by atoms with Crippen LogP contribution < -0.4 is 15.4 Å². The van der Waals surface area contributed by atoms with Gasteiger partial charge in [-0.2, -0.15) is 8.42 Å². The van der Waals surface area contributed by atoms with Gasteiger partial charge in [-0.25, -0.2) is 0 Å². The van der Waals surface area contributed by atoms with Crippen molar-refractivity contribution in [3.05, 3.63) is 23.8 Å². The third-order valence-corrected chi connectivity index (χ3v) is 4.37. The molecular weight excluding hydrogens is 264 g/mol. The van der Waals surface area contributed by atoms with Crippen molar-refractivity contribution in [2.45, 2.75) is 19.3 Å². The van der Waals surface area contributed by atoms with E-state index in [9.17, 15) is 8.42 Å². The van der Waals surface area contributed by atoms with Crippen molar-refractivity contribution in [2.75, 3.05) is 22.7 Å². The molecule has 102 valence electrons. The van der Waals surface area contributed by atoms with Gasteiger partial charge in [-0.05, 0) is 31.4 Å². The lowest BCUT2D eigenvalue weighted by molar-refractivity contribution is 0.577.